The average Bonchev–Trinajstić information content (AvgIpc) is 3.04. The molecule has 1 aliphatic carbocycles. The Labute approximate surface area is 189 Å². The first-order valence-electron chi connectivity index (χ1n) is 11.4. The first kappa shape index (κ1) is 22.2. The van der Waals surface area contributed by atoms with Crippen LogP contribution in [0.4, 0.5) is 11.6 Å². The lowest BCUT2D eigenvalue weighted by atomic mass is 9.70. The number of rotatable bonds is 6. The van der Waals surface area contributed by atoms with Crippen molar-refractivity contribution in [3.05, 3.63) is 48.0 Å². The first-order valence-corrected chi connectivity index (χ1v) is 11.4. The number of nitrogens with zero attached hydrogens (tertiary/aromatic N) is 2. The highest BCUT2D eigenvalue weighted by Gasteiger charge is 2.34. The molecule has 0 aliphatic heterocycles. The number of aromatic carboxylic acids is 1. The Balaban J connectivity index is 1.74. The predicted molar refractivity (Wildman–Crippen MR) is 128 cm³/mol. The quantitative estimate of drug-likeness (QED) is 0.453. The fourth-order valence-electron chi connectivity index (χ4n) is 5.20. The van der Waals surface area contributed by atoms with Crippen LogP contribution in [-0.4, -0.2) is 26.7 Å². The fourth-order valence-corrected chi connectivity index (χ4v) is 5.20. The maximum atomic E-state index is 11.5. The summed E-state index contributed by atoms with van der Waals surface area (Å²) in [6, 6.07) is 13.4. The van der Waals surface area contributed by atoms with E-state index in [4.69, 9.17) is 9.72 Å². The van der Waals surface area contributed by atoms with Gasteiger partial charge in [0.15, 0.2) is 0 Å². The van der Waals surface area contributed by atoms with Gasteiger partial charge in [-0.15, -0.1) is 0 Å². The summed E-state index contributed by atoms with van der Waals surface area (Å²) >= 11 is 0. The van der Waals surface area contributed by atoms with E-state index in [2.05, 4.69) is 30.7 Å². The van der Waals surface area contributed by atoms with Crippen molar-refractivity contribution in [1.82, 2.24) is 9.55 Å². The fraction of sp³-hybridized carbons (Fsp3) is 0.462. The van der Waals surface area contributed by atoms with E-state index in [9.17, 15) is 9.90 Å². The normalized spacial score (nSPS) is 20.4. The minimum absolute atomic E-state index is 0.123. The number of aromatic nitrogens is 2. The van der Waals surface area contributed by atoms with E-state index in [0.717, 1.165) is 35.7 Å². The van der Waals surface area contributed by atoms with E-state index < -0.39 is 5.97 Å². The van der Waals surface area contributed by atoms with E-state index in [-0.39, 0.29) is 17.1 Å². The molecule has 6 heteroatoms. The second kappa shape index (κ2) is 8.49. The third-order valence-corrected chi connectivity index (χ3v) is 6.15. The zero-order valence-corrected chi connectivity index (χ0v) is 19.6. The molecule has 2 N–H and O–H groups in total. The van der Waals surface area contributed by atoms with E-state index in [1.807, 2.05) is 44.2 Å². The highest BCUT2D eigenvalue weighted by atomic mass is 16.5. The molecule has 32 heavy (non-hydrogen) atoms. The number of carboxylic acid groups (broad SMARTS) is 1. The Morgan fingerprint density at radius 3 is 2.53 bits per heavy atom. The molecule has 1 aromatic heterocycles. The van der Waals surface area contributed by atoms with Crippen molar-refractivity contribution in [3.8, 4) is 5.75 Å². The lowest BCUT2D eigenvalue weighted by Gasteiger charge is -2.40. The topological polar surface area (TPSA) is 76.4 Å². The van der Waals surface area contributed by atoms with Crippen LogP contribution in [-0.2, 0) is 0 Å². The second-order valence-electron chi connectivity index (χ2n) is 10.2. The van der Waals surface area contributed by atoms with Gasteiger partial charge in [-0.3, -0.25) is 0 Å². The zero-order chi connectivity index (χ0) is 23.0. The van der Waals surface area contributed by atoms with Crippen LogP contribution >= 0.6 is 0 Å². The Morgan fingerprint density at radius 2 is 1.91 bits per heavy atom. The molecule has 0 saturated heterocycles. The summed E-state index contributed by atoms with van der Waals surface area (Å²) in [6.45, 7) is 11.0. The van der Waals surface area contributed by atoms with Crippen LogP contribution in [0.15, 0.2) is 42.5 Å². The summed E-state index contributed by atoms with van der Waals surface area (Å²) in [4.78, 5) is 16.3. The van der Waals surface area contributed by atoms with Crippen molar-refractivity contribution in [2.24, 2.45) is 11.3 Å². The largest absolute Gasteiger partial charge is 0.491 e. The van der Waals surface area contributed by atoms with Crippen molar-refractivity contribution in [2.75, 3.05) is 5.32 Å². The molecule has 2 atom stereocenters. The van der Waals surface area contributed by atoms with E-state index in [1.54, 1.807) is 12.1 Å². The highest BCUT2D eigenvalue weighted by molar-refractivity contribution is 5.93. The van der Waals surface area contributed by atoms with Crippen molar-refractivity contribution >= 4 is 28.6 Å². The second-order valence-corrected chi connectivity index (χ2v) is 10.2. The molecule has 0 amide bonds. The van der Waals surface area contributed by atoms with Crippen molar-refractivity contribution in [2.45, 2.75) is 66.0 Å². The van der Waals surface area contributed by atoms with Crippen molar-refractivity contribution in [3.63, 3.8) is 0 Å². The highest BCUT2D eigenvalue weighted by Crippen LogP contribution is 2.46. The number of nitrogens with one attached hydrogen (secondary N) is 1. The van der Waals surface area contributed by atoms with Gasteiger partial charge < -0.3 is 19.7 Å². The molecule has 6 nitrogen and oxygen atoms in total. The third-order valence-electron chi connectivity index (χ3n) is 6.15. The molecule has 3 aromatic rings. The van der Waals surface area contributed by atoms with Crippen LogP contribution in [0.3, 0.4) is 0 Å². The molecule has 1 aliphatic rings. The maximum absolute atomic E-state index is 11.5. The number of carboxylic acids is 1. The number of carbonyl (C=O) groups is 1. The van der Waals surface area contributed by atoms with Crippen molar-refractivity contribution < 1.29 is 14.6 Å². The van der Waals surface area contributed by atoms with Gasteiger partial charge >= 0.3 is 5.97 Å². The number of hydrogen-bond acceptors (Lipinski definition) is 4. The van der Waals surface area contributed by atoms with E-state index in [1.165, 1.54) is 6.42 Å². The first-order chi connectivity index (χ1) is 15.1. The molecule has 0 spiro atoms. The number of anilines is 2. The van der Waals surface area contributed by atoms with Gasteiger partial charge in [0.1, 0.15) is 5.75 Å². The molecule has 1 fully saturated rings. The Morgan fingerprint density at radius 1 is 1.19 bits per heavy atom. The molecule has 1 heterocycles. The molecule has 1 saturated carbocycles. The lowest BCUT2D eigenvalue weighted by Crippen LogP contribution is -2.29. The van der Waals surface area contributed by atoms with Gasteiger partial charge in [-0.2, -0.15) is 0 Å². The predicted octanol–water partition coefficient (Wildman–Crippen LogP) is 6.65. The minimum Gasteiger partial charge on any atom is -0.491 e. The van der Waals surface area contributed by atoms with Gasteiger partial charge in [-0.05, 0) is 86.9 Å². The van der Waals surface area contributed by atoms with Crippen LogP contribution < -0.4 is 10.1 Å². The number of imidazole rings is 1. The molecule has 0 radical (unpaired) electrons. The van der Waals surface area contributed by atoms with Gasteiger partial charge in [0.2, 0.25) is 5.95 Å². The van der Waals surface area contributed by atoms with Crippen molar-refractivity contribution in [1.29, 1.82) is 0 Å². The monoisotopic (exact) mass is 435 g/mol. The molecule has 0 bridgehead atoms. The van der Waals surface area contributed by atoms with Crippen LogP contribution in [0.2, 0.25) is 0 Å². The van der Waals surface area contributed by atoms with Gasteiger partial charge in [-0.1, -0.05) is 20.8 Å². The van der Waals surface area contributed by atoms with Crippen LogP contribution in [0.1, 0.15) is 70.3 Å². The zero-order valence-electron chi connectivity index (χ0n) is 19.6. The Hall–Kier alpha value is -3.02. The van der Waals surface area contributed by atoms with Crippen LogP contribution in [0.25, 0.3) is 11.0 Å². The summed E-state index contributed by atoms with van der Waals surface area (Å²) < 4.78 is 8.03. The Kier molecular flexibility index (Phi) is 5.89. The van der Waals surface area contributed by atoms with E-state index in [0.29, 0.717) is 17.5 Å². The summed E-state index contributed by atoms with van der Waals surface area (Å²) in [5, 5.41) is 12.9. The molecule has 2 aromatic carbocycles. The minimum atomic E-state index is -0.941. The lowest BCUT2D eigenvalue weighted by molar-refractivity contribution is 0.0697. The molecule has 4 rings (SSSR count). The molecule has 170 valence electrons. The summed E-state index contributed by atoms with van der Waals surface area (Å²) in [5.74, 6) is 1.24. The number of hydrogen-bond donors (Lipinski definition) is 2. The molecule has 0 unspecified atom stereocenters. The van der Waals surface area contributed by atoms with Crippen LogP contribution in [0.5, 0.6) is 5.75 Å². The molecular weight excluding hydrogens is 402 g/mol. The third kappa shape index (κ3) is 4.74. The van der Waals surface area contributed by atoms with E-state index >= 15 is 0 Å². The summed E-state index contributed by atoms with van der Waals surface area (Å²) in [6.07, 6.45) is 3.46. The molecular formula is C26H33N3O3. The van der Waals surface area contributed by atoms with Gasteiger partial charge in [0.05, 0.1) is 22.7 Å². The standard InChI is InChI=1S/C26H33N3O3/c1-16(2)32-21-9-7-19(8-10-21)27-25-28-22-13-18(24(30)31)6-11-23(22)29(25)20-12-17(3)14-26(4,5)15-20/h6-11,13,16-17,20H,12,14-15H2,1-5H3,(H,27,28)(H,30,31)/t17-,20+/m1/s1. The number of ether oxygens (including phenoxy) is 1. The van der Waals surface area contributed by atoms with Gasteiger partial charge in [-0.25, -0.2) is 9.78 Å². The average molecular weight is 436 g/mol. The number of fused-ring (bicyclic) bond motifs is 1. The van der Waals surface area contributed by atoms with Crippen LogP contribution in [0, 0.1) is 11.3 Å². The smallest absolute Gasteiger partial charge is 0.335 e. The Bertz CT molecular complexity index is 1120. The summed E-state index contributed by atoms with van der Waals surface area (Å²) in [5.41, 5.74) is 3.07. The van der Waals surface area contributed by atoms with Gasteiger partial charge in [0.25, 0.3) is 0 Å². The summed E-state index contributed by atoms with van der Waals surface area (Å²) in [7, 11) is 0. The number of benzene rings is 2. The SMILES string of the molecule is CC(C)Oc1ccc(Nc2nc3cc(C(=O)O)ccc3n2[C@H]2C[C@@H](C)CC(C)(C)C2)cc1. The maximum Gasteiger partial charge on any atom is 0.335 e. The van der Waals surface area contributed by atoms with Gasteiger partial charge in [0, 0.05) is 11.7 Å².